The summed E-state index contributed by atoms with van der Waals surface area (Å²) in [4.78, 5) is 11.4. The van der Waals surface area contributed by atoms with Crippen LogP contribution in [0.25, 0.3) is 0 Å². The van der Waals surface area contributed by atoms with Crippen molar-refractivity contribution in [1.82, 2.24) is 0 Å². The average Bonchev–Trinajstić information content (AvgIpc) is 2.35. The number of hydrogen-bond acceptors (Lipinski definition) is 2. The maximum Gasteiger partial charge on any atom is 0.310 e. The molecule has 0 aliphatic heterocycles. The van der Waals surface area contributed by atoms with E-state index in [2.05, 4.69) is 19.9 Å². The van der Waals surface area contributed by atoms with Crippen LogP contribution in [0.1, 0.15) is 55.2 Å². The summed E-state index contributed by atoms with van der Waals surface area (Å²) in [5.74, 6) is 0.653. The van der Waals surface area contributed by atoms with Gasteiger partial charge < -0.3 is 9.84 Å². The van der Waals surface area contributed by atoms with Crippen LogP contribution in [0, 0.1) is 12.8 Å². The van der Waals surface area contributed by atoms with E-state index >= 15 is 0 Å². The van der Waals surface area contributed by atoms with Gasteiger partial charge in [-0.15, -0.1) is 0 Å². The van der Waals surface area contributed by atoms with Crippen molar-refractivity contribution in [3.05, 3.63) is 28.8 Å². The van der Waals surface area contributed by atoms with E-state index in [1.54, 1.807) is 7.11 Å². The van der Waals surface area contributed by atoms with E-state index in [0.717, 1.165) is 29.7 Å². The van der Waals surface area contributed by atoms with Crippen LogP contribution in [0.2, 0.25) is 0 Å². The summed E-state index contributed by atoms with van der Waals surface area (Å²) in [6.07, 6.45) is 1.67. The van der Waals surface area contributed by atoms with Gasteiger partial charge in [0.1, 0.15) is 5.75 Å². The monoisotopic (exact) mass is 262 g/mol. The highest BCUT2D eigenvalue weighted by molar-refractivity contribution is 5.77. The molecule has 104 valence electrons. The van der Waals surface area contributed by atoms with Crippen LogP contribution in [0.3, 0.4) is 0 Å². The number of carboxylic acids is 1. The lowest BCUT2D eigenvalue weighted by atomic mass is 9.72. The zero-order valence-corrected chi connectivity index (χ0v) is 12.1. The summed E-state index contributed by atoms with van der Waals surface area (Å²) in [5, 5.41) is 9.40. The molecule has 0 fully saturated rings. The van der Waals surface area contributed by atoms with Crippen molar-refractivity contribution in [1.29, 1.82) is 0 Å². The SMILES string of the molecule is COc1cc2c(cc1C)[C@H](C(C)C)CCC2C(=O)O. The van der Waals surface area contributed by atoms with E-state index in [1.165, 1.54) is 5.56 Å². The standard InChI is InChI=1S/C16H22O3/c1-9(2)11-5-6-12(16(17)18)14-8-15(19-4)10(3)7-13(11)14/h7-9,11-12H,5-6H2,1-4H3,(H,17,18)/t11-,12?/m0/s1. The molecule has 0 spiro atoms. The van der Waals surface area contributed by atoms with Crippen LogP contribution < -0.4 is 4.74 Å². The molecule has 0 heterocycles. The summed E-state index contributed by atoms with van der Waals surface area (Å²) in [6, 6.07) is 4.05. The minimum atomic E-state index is -0.727. The van der Waals surface area contributed by atoms with Crippen molar-refractivity contribution in [2.75, 3.05) is 7.11 Å². The Bertz CT molecular complexity index is 491. The van der Waals surface area contributed by atoms with Gasteiger partial charge in [-0.25, -0.2) is 0 Å². The third-order valence-corrected chi connectivity index (χ3v) is 4.24. The Morgan fingerprint density at radius 2 is 2.00 bits per heavy atom. The Morgan fingerprint density at radius 3 is 2.53 bits per heavy atom. The summed E-state index contributed by atoms with van der Waals surface area (Å²) < 4.78 is 5.34. The van der Waals surface area contributed by atoms with Gasteiger partial charge in [0.25, 0.3) is 0 Å². The maximum atomic E-state index is 11.4. The second kappa shape index (κ2) is 5.24. The van der Waals surface area contributed by atoms with Crippen molar-refractivity contribution in [3.63, 3.8) is 0 Å². The molecule has 1 aromatic rings. The number of methoxy groups -OCH3 is 1. The largest absolute Gasteiger partial charge is 0.496 e. The maximum absolute atomic E-state index is 11.4. The topological polar surface area (TPSA) is 46.5 Å². The second-order valence-electron chi connectivity index (χ2n) is 5.77. The summed E-state index contributed by atoms with van der Waals surface area (Å²) in [5.41, 5.74) is 3.23. The van der Waals surface area contributed by atoms with Gasteiger partial charge in [0.05, 0.1) is 13.0 Å². The number of carboxylic acid groups (broad SMARTS) is 1. The molecule has 19 heavy (non-hydrogen) atoms. The first-order valence-electron chi connectivity index (χ1n) is 6.87. The smallest absolute Gasteiger partial charge is 0.310 e. The molecule has 1 aromatic carbocycles. The Labute approximate surface area is 114 Å². The Morgan fingerprint density at radius 1 is 1.32 bits per heavy atom. The van der Waals surface area contributed by atoms with Gasteiger partial charge in [0.2, 0.25) is 0 Å². The number of fused-ring (bicyclic) bond motifs is 1. The normalized spacial score (nSPS) is 22.2. The van der Waals surface area contributed by atoms with Crippen LogP contribution >= 0.6 is 0 Å². The van der Waals surface area contributed by atoms with Crippen molar-refractivity contribution >= 4 is 5.97 Å². The molecule has 1 unspecified atom stereocenters. The third kappa shape index (κ3) is 2.46. The molecule has 0 radical (unpaired) electrons. The fraction of sp³-hybridized carbons (Fsp3) is 0.562. The highest BCUT2D eigenvalue weighted by Crippen LogP contribution is 2.44. The number of carbonyl (C=O) groups is 1. The molecule has 0 saturated heterocycles. The molecule has 1 aliphatic carbocycles. The molecular formula is C16H22O3. The van der Waals surface area contributed by atoms with Gasteiger partial charge in [0, 0.05) is 0 Å². The van der Waals surface area contributed by atoms with E-state index in [-0.39, 0.29) is 5.92 Å². The fourth-order valence-corrected chi connectivity index (χ4v) is 3.18. The van der Waals surface area contributed by atoms with Crippen LogP contribution in [-0.2, 0) is 4.79 Å². The molecule has 0 bridgehead atoms. The number of ether oxygens (including phenoxy) is 1. The Kier molecular flexibility index (Phi) is 3.83. The first kappa shape index (κ1) is 13.9. The van der Waals surface area contributed by atoms with Crippen molar-refractivity contribution in [2.45, 2.75) is 45.4 Å². The number of benzene rings is 1. The number of aliphatic carboxylic acids is 1. The number of hydrogen-bond donors (Lipinski definition) is 1. The predicted octanol–water partition coefficient (Wildman–Crippen LogP) is 3.71. The molecule has 3 heteroatoms. The predicted molar refractivity (Wildman–Crippen MR) is 74.9 cm³/mol. The molecule has 0 saturated carbocycles. The van der Waals surface area contributed by atoms with E-state index in [4.69, 9.17) is 4.74 Å². The Balaban J connectivity index is 2.57. The minimum Gasteiger partial charge on any atom is -0.496 e. The molecule has 3 nitrogen and oxygen atoms in total. The van der Waals surface area contributed by atoms with Gasteiger partial charge in [-0.05, 0) is 54.4 Å². The highest BCUT2D eigenvalue weighted by Gasteiger charge is 2.33. The van der Waals surface area contributed by atoms with Crippen LogP contribution in [0.15, 0.2) is 12.1 Å². The molecule has 1 N–H and O–H groups in total. The third-order valence-electron chi connectivity index (χ3n) is 4.24. The molecule has 2 atom stereocenters. The molecule has 0 aromatic heterocycles. The van der Waals surface area contributed by atoms with E-state index in [0.29, 0.717) is 11.8 Å². The average molecular weight is 262 g/mol. The summed E-state index contributed by atoms with van der Waals surface area (Å²) in [6.45, 7) is 6.42. The molecule has 0 amide bonds. The molecule has 1 aliphatic rings. The van der Waals surface area contributed by atoms with Gasteiger partial charge >= 0.3 is 5.97 Å². The van der Waals surface area contributed by atoms with Gasteiger partial charge in [-0.1, -0.05) is 19.9 Å². The summed E-state index contributed by atoms with van der Waals surface area (Å²) >= 11 is 0. The van der Waals surface area contributed by atoms with Crippen molar-refractivity contribution in [2.24, 2.45) is 5.92 Å². The fourth-order valence-electron chi connectivity index (χ4n) is 3.18. The minimum absolute atomic E-state index is 0.389. The van der Waals surface area contributed by atoms with Crippen molar-refractivity contribution < 1.29 is 14.6 Å². The van der Waals surface area contributed by atoms with Crippen LogP contribution in [0.5, 0.6) is 5.75 Å². The first-order chi connectivity index (χ1) is 8.95. The number of aryl methyl sites for hydroxylation is 1. The Hall–Kier alpha value is -1.51. The zero-order chi connectivity index (χ0) is 14.2. The molecule has 2 rings (SSSR count). The molecular weight excluding hydrogens is 240 g/mol. The van der Waals surface area contributed by atoms with Crippen LogP contribution in [-0.4, -0.2) is 18.2 Å². The lowest BCUT2D eigenvalue weighted by Gasteiger charge is -2.32. The van der Waals surface area contributed by atoms with Gasteiger partial charge in [0.15, 0.2) is 0 Å². The van der Waals surface area contributed by atoms with E-state index < -0.39 is 5.97 Å². The summed E-state index contributed by atoms with van der Waals surface area (Å²) in [7, 11) is 1.63. The van der Waals surface area contributed by atoms with Gasteiger partial charge in [-0.2, -0.15) is 0 Å². The lowest BCUT2D eigenvalue weighted by Crippen LogP contribution is -2.23. The second-order valence-corrected chi connectivity index (χ2v) is 5.77. The lowest BCUT2D eigenvalue weighted by molar-refractivity contribution is -0.139. The number of rotatable bonds is 3. The quantitative estimate of drug-likeness (QED) is 0.903. The highest BCUT2D eigenvalue weighted by atomic mass is 16.5. The van der Waals surface area contributed by atoms with E-state index in [1.807, 2.05) is 13.0 Å². The van der Waals surface area contributed by atoms with E-state index in [9.17, 15) is 9.90 Å². The van der Waals surface area contributed by atoms with Crippen LogP contribution in [0.4, 0.5) is 0 Å². The zero-order valence-electron chi connectivity index (χ0n) is 12.1. The van der Waals surface area contributed by atoms with Crippen molar-refractivity contribution in [3.8, 4) is 5.75 Å². The van der Waals surface area contributed by atoms with Gasteiger partial charge in [-0.3, -0.25) is 4.79 Å². The first-order valence-corrected chi connectivity index (χ1v) is 6.87.